The average Bonchev–Trinajstić information content (AvgIpc) is 3.09. The molecule has 5 nitrogen and oxygen atoms in total. The number of rotatable bonds is 7. The number of thiazole rings is 1. The van der Waals surface area contributed by atoms with Crippen LogP contribution in [0, 0.1) is 12.8 Å². The molecule has 0 aliphatic carbocycles. The number of carbonyl (C=O) groups excluding carboxylic acids is 1. The minimum Gasteiger partial charge on any atom is -0.497 e. The Hall–Kier alpha value is -1.63. The van der Waals surface area contributed by atoms with Crippen LogP contribution < -0.4 is 15.4 Å². The molecule has 0 bridgehead atoms. The summed E-state index contributed by atoms with van der Waals surface area (Å²) >= 11 is 1.65. The third kappa shape index (κ3) is 5.93. The van der Waals surface area contributed by atoms with E-state index in [-0.39, 0.29) is 24.4 Å². The number of methoxy groups -OCH3 is 1. The molecule has 1 atom stereocenters. The number of nitrogens with one attached hydrogen (secondary N) is 2. The van der Waals surface area contributed by atoms with Crippen LogP contribution in [0.1, 0.15) is 49.2 Å². The van der Waals surface area contributed by atoms with Crippen LogP contribution in [0.15, 0.2) is 24.3 Å². The third-order valence-electron chi connectivity index (χ3n) is 5.18. The van der Waals surface area contributed by atoms with Gasteiger partial charge in [0.2, 0.25) is 5.91 Å². The summed E-state index contributed by atoms with van der Waals surface area (Å²) in [5.41, 5.74) is 2.05. The summed E-state index contributed by atoms with van der Waals surface area (Å²) in [5, 5.41) is 7.50. The van der Waals surface area contributed by atoms with E-state index >= 15 is 0 Å². The molecule has 0 saturated carbocycles. The fourth-order valence-corrected chi connectivity index (χ4v) is 4.63. The summed E-state index contributed by atoms with van der Waals surface area (Å²) < 4.78 is 5.21. The highest BCUT2D eigenvalue weighted by Crippen LogP contribution is 2.32. The lowest BCUT2D eigenvalue weighted by molar-refractivity contribution is -0.122. The second kappa shape index (κ2) is 10.8. The number of hydrogen-bond acceptors (Lipinski definition) is 5. The highest BCUT2D eigenvalue weighted by Gasteiger charge is 2.19. The minimum absolute atomic E-state index is 0. The van der Waals surface area contributed by atoms with Crippen LogP contribution in [-0.2, 0) is 4.79 Å². The first kappa shape index (κ1) is 22.7. The number of ether oxygens (including phenoxy) is 1. The van der Waals surface area contributed by atoms with E-state index in [2.05, 4.69) is 10.6 Å². The Balaban J connectivity index is 0.00000280. The van der Waals surface area contributed by atoms with Crippen molar-refractivity contribution in [1.82, 2.24) is 15.6 Å². The zero-order chi connectivity index (χ0) is 19.2. The Labute approximate surface area is 177 Å². The molecule has 1 aromatic heterocycles. The first-order valence-electron chi connectivity index (χ1n) is 9.68. The topological polar surface area (TPSA) is 63.2 Å². The van der Waals surface area contributed by atoms with Crippen LogP contribution in [-0.4, -0.2) is 31.1 Å². The molecule has 7 heteroatoms. The molecule has 28 heavy (non-hydrogen) atoms. The number of hydrogen-bond donors (Lipinski definition) is 2. The Morgan fingerprint density at radius 1 is 1.32 bits per heavy atom. The predicted molar refractivity (Wildman–Crippen MR) is 117 cm³/mol. The molecule has 3 rings (SSSR count). The van der Waals surface area contributed by atoms with Gasteiger partial charge in [-0.25, -0.2) is 4.98 Å². The van der Waals surface area contributed by atoms with Gasteiger partial charge in [-0.1, -0.05) is 0 Å². The smallest absolute Gasteiger partial charge is 0.220 e. The van der Waals surface area contributed by atoms with Crippen LogP contribution in [0.25, 0.3) is 10.6 Å². The summed E-state index contributed by atoms with van der Waals surface area (Å²) in [6.45, 7) is 6.21. The van der Waals surface area contributed by atoms with Crippen LogP contribution >= 0.6 is 23.7 Å². The Morgan fingerprint density at radius 3 is 2.64 bits per heavy atom. The van der Waals surface area contributed by atoms with E-state index < -0.39 is 0 Å². The zero-order valence-electron chi connectivity index (χ0n) is 16.8. The molecule has 1 aromatic carbocycles. The first-order valence-corrected chi connectivity index (χ1v) is 10.5. The van der Waals surface area contributed by atoms with Gasteiger partial charge in [-0.05, 0) is 76.4 Å². The fraction of sp³-hybridized carbons (Fsp3) is 0.524. The second-order valence-electron chi connectivity index (χ2n) is 7.22. The summed E-state index contributed by atoms with van der Waals surface area (Å²) in [6.07, 6.45) is 3.96. The molecular formula is C21H30ClN3O2S. The Morgan fingerprint density at radius 2 is 2.00 bits per heavy atom. The van der Waals surface area contributed by atoms with E-state index in [0.717, 1.165) is 46.4 Å². The lowest BCUT2D eigenvalue weighted by Gasteiger charge is -2.22. The number of halogens is 1. The van der Waals surface area contributed by atoms with Crippen molar-refractivity contribution in [2.24, 2.45) is 5.92 Å². The van der Waals surface area contributed by atoms with Gasteiger partial charge in [0.15, 0.2) is 0 Å². The van der Waals surface area contributed by atoms with E-state index in [1.165, 1.54) is 12.8 Å². The number of benzene rings is 1. The maximum Gasteiger partial charge on any atom is 0.220 e. The molecular weight excluding hydrogens is 394 g/mol. The second-order valence-corrected chi connectivity index (χ2v) is 8.25. The fourth-order valence-electron chi connectivity index (χ4n) is 3.55. The SMILES string of the molecule is COc1ccc(-c2nc(C)c(C(C)NC(=O)CCC3CCNCC3)s2)cc1.Cl. The molecule has 1 unspecified atom stereocenters. The van der Waals surface area contributed by atoms with Gasteiger partial charge in [0.05, 0.1) is 23.7 Å². The van der Waals surface area contributed by atoms with Crippen molar-refractivity contribution in [3.63, 3.8) is 0 Å². The first-order chi connectivity index (χ1) is 13.1. The maximum atomic E-state index is 12.4. The van der Waals surface area contributed by atoms with Gasteiger partial charge in [-0.2, -0.15) is 0 Å². The summed E-state index contributed by atoms with van der Waals surface area (Å²) in [4.78, 5) is 18.2. The number of carbonyl (C=O) groups is 1. The summed E-state index contributed by atoms with van der Waals surface area (Å²) in [6, 6.07) is 7.90. The molecule has 1 fully saturated rings. The van der Waals surface area contributed by atoms with Gasteiger partial charge in [0.1, 0.15) is 10.8 Å². The number of nitrogens with zero attached hydrogens (tertiary/aromatic N) is 1. The van der Waals surface area contributed by atoms with Gasteiger partial charge in [0.25, 0.3) is 0 Å². The Kier molecular flexibility index (Phi) is 8.73. The lowest BCUT2D eigenvalue weighted by Crippen LogP contribution is -2.30. The van der Waals surface area contributed by atoms with Crippen LogP contribution in [0.5, 0.6) is 5.75 Å². The lowest BCUT2D eigenvalue weighted by atomic mass is 9.93. The van der Waals surface area contributed by atoms with Crippen molar-refractivity contribution in [3.8, 4) is 16.3 Å². The van der Waals surface area contributed by atoms with Crippen LogP contribution in [0.2, 0.25) is 0 Å². The van der Waals surface area contributed by atoms with Crippen LogP contribution in [0.4, 0.5) is 0 Å². The molecule has 1 amide bonds. The molecule has 2 N–H and O–H groups in total. The van der Waals surface area contributed by atoms with Gasteiger partial charge in [-0.15, -0.1) is 23.7 Å². The molecule has 0 spiro atoms. The van der Waals surface area contributed by atoms with Gasteiger partial charge < -0.3 is 15.4 Å². The van der Waals surface area contributed by atoms with E-state index in [1.54, 1.807) is 18.4 Å². The number of aromatic nitrogens is 1. The van der Waals surface area contributed by atoms with Crippen molar-refractivity contribution < 1.29 is 9.53 Å². The van der Waals surface area contributed by atoms with Gasteiger partial charge in [0, 0.05) is 12.0 Å². The van der Waals surface area contributed by atoms with Crippen LogP contribution in [0.3, 0.4) is 0 Å². The Bertz CT molecular complexity index is 758. The standard InChI is InChI=1S/C21H29N3O2S.ClH/c1-14(23-19(25)9-4-16-10-12-22-13-11-16)20-15(2)24-21(27-20)17-5-7-18(26-3)8-6-17;/h5-8,14,16,22H,4,9-13H2,1-3H3,(H,23,25);1H. The van der Waals surface area contributed by atoms with Crippen molar-refractivity contribution in [3.05, 3.63) is 34.8 Å². The quantitative estimate of drug-likeness (QED) is 0.687. The van der Waals surface area contributed by atoms with E-state index in [9.17, 15) is 4.79 Å². The molecule has 154 valence electrons. The zero-order valence-corrected chi connectivity index (χ0v) is 18.4. The van der Waals surface area contributed by atoms with Crippen molar-refractivity contribution in [1.29, 1.82) is 0 Å². The normalized spacial score (nSPS) is 15.5. The van der Waals surface area contributed by atoms with Crippen molar-refractivity contribution in [2.75, 3.05) is 20.2 Å². The van der Waals surface area contributed by atoms with Gasteiger partial charge in [-0.3, -0.25) is 4.79 Å². The maximum absolute atomic E-state index is 12.4. The van der Waals surface area contributed by atoms with E-state index in [1.807, 2.05) is 38.1 Å². The van der Waals surface area contributed by atoms with E-state index in [4.69, 9.17) is 9.72 Å². The molecule has 2 aromatic rings. The molecule has 1 aliphatic rings. The minimum atomic E-state index is -0.0185. The number of piperidine rings is 1. The van der Waals surface area contributed by atoms with Gasteiger partial charge >= 0.3 is 0 Å². The largest absolute Gasteiger partial charge is 0.497 e. The summed E-state index contributed by atoms with van der Waals surface area (Å²) in [5.74, 6) is 1.65. The molecule has 2 heterocycles. The highest BCUT2D eigenvalue weighted by atomic mass is 35.5. The molecule has 1 aliphatic heterocycles. The summed E-state index contributed by atoms with van der Waals surface area (Å²) in [7, 11) is 1.66. The average molecular weight is 424 g/mol. The third-order valence-corrected chi connectivity index (χ3v) is 6.57. The number of amides is 1. The monoisotopic (exact) mass is 423 g/mol. The number of aryl methyl sites for hydroxylation is 1. The predicted octanol–water partition coefficient (Wildman–Crippen LogP) is 4.51. The van der Waals surface area contributed by atoms with E-state index in [0.29, 0.717) is 12.3 Å². The van der Waals surface area contributed by atoms with Crippen molar-refractivity contribution >= 4 is 29.7 Å². The highest BCUT2D eigenvalue weighted by molar-refractivity contribution is 7.15. The molecule has 1 saturated heterocycles. The van der Waals surface area contributed by atoms with Crippen molar-refractivity contribution in [2.45, 2.75) is 45.6 Å². The molecule has 0 radical (unpaired) electrons.